The Bertz CT molecular complexity index is 316. The molecule has 16 heavy (non-hydrogen) atoms. The Morgan fingerprint density at radius 3 is 2.75 bits per heavy atom. The van der Waals surface area contributed by atoms with Crippen molar-refractivity contribution in [3.8, 4) is 0 Å². The molecule has 0 saturated heterocycles. The number of carbonyl (C=O) groups is 1. The van der Waals surface area contributed by atoms with Crippen LogP contribution in [0.15, 0.2) is 35.2 Å². The third-order valence-corrected chi connectivity index (χ3v) is 3.18. The molecule has 1 aromatic rings. The van der Waals surface area contributed by atoms with Gasteiger partial charge in [0.15, 0.2) is 0 Å². The van der Waals surface area contributed by atoms with Crippen LogP contribution < -0.4 is 5.32 Å². The minimum Gasteiger partial charge on any atom is -0.481 e. The quantitative estimate of drug-likeness (QED) is 0.565. The average molecular weight is 239 g/mol. The van der Waals surface area contributed by atoms with E-state index in [4.69, 9.17) is 5.11 Å². The zero-order chi connectivity index (χ0) is 11.8. The highest BCUT2D eigenvalue weighted by Gasteiger charge is 2.08. The van der Waals surface area contributed by atoms with Crippen LogP contribution in [-0.4, -0.2) is 29.9 Å². The standard InChI is InChI=1S/C12H17NO2S/c1-10(12(14)15)9-13-7-8-16-11-5-3-2-4-6-11/h2-6,10,13H,7-9H2,1H3,(H,14,15). The van der Waals surface area contributed by atoms with Crippen LogP contribution in [-0.2, 0) is 4.79 Å². The molecule has 1 atom stereocenters. The Kier molecular flexibility index (Phi) is 5.96. The summed E-state index contributed by atoms with van der Waals surface area (Å²) in [6, 6.07) is 10.2. The summed E-state index contributed by atoms with van der Waals surface area (Å²) in [7, 11) is 0. The van der Waals surface area contributed by atoms with Gasteiger partial charge in [-0.3, -0.25) is 4.79 Å². The van der Waals surface area contributed by atoms with Gasteiger partial charge in [0, 0.05) is 23.7 Å². The van der Waals surface area contributed by atoms with E-state index in [1.807, 2.05) is 18.2 Å². The van der Waals surface area contributed by atoms with Gasteiger partial charge in [-0.25, -0.2) is 0 Å². The molecule has 2 N–H and O–H groups in total. The molecule has 1 rings (SSSR count). The fourth-order valence-electron chi connectivity index (χ4n) is 1.16. The topological polar surface area (TPSA) is 49.3 Å². The predicted octanol–water partition coefficient (Wildman–Crippen LogP) is 2.09. The first-order chi connectivity index (χ1) is 7.70. The minimum absolute atomic E-state index is 0.318. The lowest BCUT2D eigenvalue weighted by atomic mass is 10.2. The highest BCUT2D eigenvalue weighted by Crippen LogP contribution is 2.15. The molecule has 0 spiro atoms. The largest absolute Gasteiger partial charge is 0.481 e. The van der Waals surface area contributed by atoms with Crippen molar-refractivity contribution in [3.05, 3.63) is 30.3 Å². The Balaban J connectivity index is 2.07. The number of hydrogen-bond acceptors (Lipinski definition) is 3. The van der Waals surface area contributed by atoms with Gasteiger partial charge in [0.1, 0.15) is 0 Å². The number of nitrogens with one attached hydrogen (secondary N) is 1. The van der Waals surface area contributed by atoms with Crippen LogP contribution in [0.4, 0.5) is 0 Å². The van der Waals surface area contributed by atoms with E-state index >= 15 is 0 Å². The van der Waals surface area contributed by atoms with E-state index in [1.165, 1.54) is 4.90 Å². The van der Waals surface area contributed by atoms with E-state index in [2.05, 4.69) is 17.4 Å². The molecule has 1 aromatic carbocycles. The lowest BCUT2D eigenvalue weighted by Gasteiger charge is -2.07. The van der Waals surface area contributed by atoms with Gasteiger partial charge in [-0.2, -0.15) is 0 Å². The number of carboxylic acids is 1. The highest BCUT2D eigenvalue weighted by molar-refractivity contribution is 7.99. The Morgan fingerprint density at radius 1 is 1.44 bits per heavy atom. The van der Waals surface area contributed by atoms with Gasteiger partial charge in [-0.1, -0.05) is 25.1 Å². The van der Waals surface area contributed by atoms with E-state index in [1.54, 1.807) is 18.7 Å². The maximum Gasteiger partial charge on any atom is 0.307 e. The first kappa shape index (κ1) is 13.1. The van der Waals surface area contributed by atoms with E-state index in [0.29, 0.717) is 6.54 Å². The van der Waals surface area contributed by atoms with Crippen LogP contribution >= 0.6 is 11.8 Å². The Morgan fingerprint density at radius 2 is 2.12 bits per heavy atom. The number of rotatable bonds is 7. The van der Waals surface area contributed by atoms with Crippen LogP contribution in [0.3, 0.4) is 0 Å². The second-order valence-corrected chi connectivity index (χ2v) is 4.77. The molecular weight excluding hydrogens is 222 g/mol. The van der Waals surface area contributed by atoms with Crippen LogP contribution in [0, 0.1) is 5.92 Å². The molecule has 0 bridgehead atoms. The Hall–Kier alpha value is -1.00. The number of thioether (sulfide) groups is 1. The lowest BCUT2D eigenvalue weighted by molar-refractivity contribution is -0.140. The summed E-state index contributed by atoms with van der Waals surface area (Å²) in [4.78, 5) is 11.8. The molecule has 0 aromatic heterocycles. The molecule has 0 fully saturated rings. The average Bonchev–Trinajstić information content (AvgIpc) is 2.29. The third-order valence-electron chi connectivity index (χ3n) is 2.16. The van der Waals surface area contributed by atoms with Crippen molar-refractivity contribution in [2.24, 2.45) is 5.92 Å². The summed E-state index contributed by atoms with van der Waals surface area (Å²) in [5.74, 6) is -0.110. The van der Waals surface area contributed by atoms with Gasteiger partial charge in [0.25, 0.3) is 0 Å². The number of carboxylic acid groups (broad SMARTS) is 1. The summed E-state index contributed by atoms with van der Waals surface area (Å²) < 4.78 is 0. The number of hydrogen-bond donors (Lipinski definition) is 2. The molecule has 88 valence electrons. The molecule has 0 aliphatic carbocycles. The van der Waals surface area contributed by atoms with E-state index in [-0.39, 0.29) is 5.92 Å². The summed E-state index contributed by atoms with van der Waals surface area (Å²) in [6.45, 7) is 3.07. The van der Waals surface area contributed by atoms with Crippen LogP contribution in [0.5, 0.6) is 0 Å². The monoisotopic (exact) mass is 239 g/mol. The Labute approximate surface area is 100 Å². The third kappa shape index (κ3) is 5.19. The van der Waals surface area contributed by atoms with Crippen molar-refractivity contribution in [1.82, 2.24) is 5.32 Å². The molecule has 0 saturated carbocycles. The van der Waals surface area contributed by atoms with Crippen molar-refractivity contribution in [1.29, 1.82) is 0 Å². The van der Waals surface area contributed by atoms with E-state index in [0.717, 1.165) is 12.3 Å². The van der Waals surface area contributed by atoms with Crippen LogP contribution in [0.2, 0.25) is 0 Å². The van der Waals surface area contributed by atoms with E-state index < -0.39 is 5.97 Å². The second-order valence-electron chi connectivity index (χ2n) is 3.60. The lowest BCUT2D eigenvalue weighted by Crippen LogP contribution is -2.27. The van der Waals surface area contributed by atoms with Crippen molar-refractivity contribution < 1.29 is 9.90 Å². The van der Waals surface area contributed by atoms with Gasteiger partial charge >= 0.3 is 5.97 Å². The van der Waals surface area contributed by atoms with Gasteiger partial charge in [0.05, 0.1) is 5.92 Å². The van der Waals surface area contributed by atoms with Gasteiger partial charge in [0.2, 0.25) is 0 Å². The number of aliphatic carboxylic acids is 1. The molecule has 0 radical (unpaired) electrons. The van der Waals surface area contributed by atoms with E-state index in [9.17, 15) is 4.79 Å². The minimum atomic E-state index is -0.747. The highest BCUT2D eigenvalue weighted by atomic mass is 32.2. The molecule has 0 aliphatic heterocycles. The first-order valence-corrected chi connectivity index (χ1v) is 6.30. The fourth-order valence-corrected chi connectivity index (χ4v) is 2.00. The number of benzene rings is 1. The molecule has 3 nitrogen and oxygen atoms in total. The molecule has 0 heterocycles. The van der Waals surface area contributed by atoms with Crippen molar-refractivity contribution in [3.63, 3.8) is 0 Å². The maximum absolute atomic E-state index is 10.5. The zero-order valence-corrected chi connectivity index (χ0v) is 10.2. The maximum atomic E-state index is 10.5. The van der Waals surface area contributed by atoms with Crippen molar-refractivity contribution in [2.45, 2.75) is 11.8 Å². The summed E-state index contributed by atoms with van der Waals surface area (Å²) >= 11 is 1.77. The molecule has 0 aliphatic rings. The second kappa shape index (κ2) is 7.30. The summed E-state index contributed by atoms with van der Waals surface area (Å²) in [5, 5.41) is 11.8. The molecule has 0 amide bonds. The van der Waals surface area contributed by atoms with Crippen LogP contribution in [0.25, 0.3) is 0 Å². The molecule has 4 heteroatoms. The van der Waals surface area contributed by atoms with Crippen molar-refractivity contribution in [2.75, 3.05) is 18.8 Å². The molecular formula is C12H17NO2S. The smallest absolute Gasteiger partial charge is 0.307 e. The van der Waals surface area contributed by atoms with Gasteiger partial charge in [-0.05, 0) is 12.1 Å². The van der Waals surface area contributed by atoms with Gasteiger partial charge < -0.3 is 10.4 Å². The summed E-state index contributed by atoms with van der Waals surface area (Å²) in [6.07, 6.45) is 0. The SMILES string of the molecule is CC(CNCCSc1ccccc1)C(=O)O. The fraction of sp³-hybridized carbons (Fsp3) is 0.417. The first-order valence-electron chi connectivity index (χ1n) is 5.31. The molecule has 1 unspecified atom stereocenters. The van der Waals surface area contributed by atoms with Crippen LogP contribution in [0.1, 0.15) is 6.92 Å². The predicted molar refractivity (Wildman–Crippen MR) is 66.8 cm³/mol. The normalized spacial score (nSPS) is 12.3. The van der Waals surface area contributed by atoms with Gasteiger partial charge in [-0.15, -0.1) is 11.8 Å². The van der Waals surface area contributed by atoms with Crippen molar-refractivity contribution >= 4 is 17.7 Å². The zero-order valence-electron chi connectivity index (χ0n) is 9.35. The summed E-state index contributed by atoms with van der Waals surface area (Å²) in [5.41, 5.74) is 0.